The fraction of sp³-hybridized carbons (Fsp3) is 0.250. The maximum atomic E-state index is 12.7. The number of nitrogens with zero attached hydrogens (tertiary/aromatic N) is 1. The summed E-state index contributed by atoms with van der Waals surface area (Å²) < 4.78 is 38.8. The van der Waals surface area contributed by atoms with E-state index in [4.69, 9.17) is 23.2 Å². The summed E-state index contributed by atoms with van der Waals surface area (Å²) in [6, 6.07) is 5.68. The van der Waals surface area contributed by atoms with E-state index in [0.29, 0.717) is 32.4 Å². The van der Waals surface area contributed by atoms with E-state index >= 15 is 0 Å². The topological polar surface area (TPSA) is 51.1 Å². The van der Waals surface area contributed by atoms with Crippen LogP contribution in [0.4, 0.5) is 13.2 Å². The van der Waals surface area contributed by atoms with Gasteiger partial charge >= 0.3 is 6.18 Å². The van der Waals surface area contributed by atoms with Gasteiger partial charge in [0, 0.05) is 22.3 Å². The first-order valence-corrected chi connectivity index (χ1v) is 7.85. The van der Waals surface area contributed by atoms with Crippen LogP contribution in [0.25, 0.3) is 0 Å². The highest BCUT2D eigenvalue weighted by molar-refractivity contribution is 6.35. The minimum absolute atomic E-state index is 0.344. The molecule has 1 amide bonds. The van der Waals surface area contributed by atoms with E-state index in [1.165, 1.54) is 6.07 Å². The van der Waals surface area contributed by atoms with Gasteiger partial charge in [0.15, 0.2) is 0 Å². The van der Waals surface area contributed by atoms with Crippen LogP contribution in [-0.4, -0.2) is 10.5 Å². The summed E-state index contributed by atoms with van der Waals surface area (Å²) >= 11 is 11.9. The van der Waals surface area contributed by atoms with Crippen LogP contribution in [0.1, 0.15) is 24.1 Å². The number of alkyl halides is 3. The SMILES string of the molecule is CC(NC(=O)Cn1cc(C(F)(F)F)ccc1=O)c1ccc(Cl)cc1Cl. The van der Waals surface area contributed by atoms with Gasteiger partial charge in [0.1, 0.15) is 6.54 Å². The lowest BCUT2D eigenvalue weighted by Crippen LogP contribution is -2.34. The van der Waals surface area contributed by atoms with Crippen molar-refractivity contribution in [1.82, 2.24) is 9.88 Å². The fourth-order valence-electron chi connectivity index (χ4n) is 2.19. The van der Waals surface area contributed by atoms with Crippen LogP contribution in [0.3, 0.4) is 0 Å². The second kappa shape index (κ2) is 7.49. The molecule has 0 aliphatic rings. The average molecular weight is 393 g/mol. The van der Waals surface area contributed by atoms with E-state index < -0.39 is 35.8 Å². The van der Waals surface area contributed by atoms with Crippen LogP contribution in [0.2, 0.25) is 10.0 Å². The van der Waals surface area contributed by atoms with Gasteiger partial charge in [0.2, 0.25) is 5.91 Å². The summed E-state index contributed by atoms with van der Waals surface area (Å²) in [4.78, 5) is 23.7. The van der Waals surface area contributed by atoms with Crippen molar-refractivity contribution >= 4 is 29.1 Å². The maximum absolute atomic E-state index is 12.7. The number of carbonyl (C=O) groups is 1. The van der Waals surface area contributed by atoms with Gasteiger partial charge in [0.25, 0.3) is 5.56 Å². The van der Waals surface area contributed by atoms with Crippen molar-refractivity contribution in [2.24, 2.45) is 0 Å². The van der Waals surface area contributed by atoms with Crippen molar-refractivity contribution in [3.8, 4) is 0 Å². The van der Waals surface area contributed by atoms with Crippen LogP contribution < -0.4 is 10.9 Å². The Balaban J connectivity index is 2.13. The first-order chi connectivity index (χ1) is 11.6. The highest BCUT2D eigenvalue weighted by Crippen LogP contribution is 2.28. The normalized spacial score (nSPS) is 12.7. The number of hydrogen-bond acceptors (Lipinski definition) is 2. The van der Waals surface area contributed by atoms with Crippen molar-refractivity contribution < 1.29 is 18.0 Å². The number of hydrogen-bond donors (Lipinski definition) is 1. The molecule has 134 valence electrons. The Morgan fingerprint density at radius 2 is 1.92 bits per heavy atom. The molecule has 1 aromatic heterocycles. The number of amides is 1. The van der Waals surface area contributed by atoms with Gasteiger partial charge in [-0.15, -0.1) is 0 Å². The fourth-order valence-corrected chi connectivity index (χ4v) is 2.77. The van der Waals surface area contributed by atoms with Gasteiger partial charge < -0.3 is 9.88 Å². The molecule has 0 saturated heterocycles. The molecular weight excluding hydrogens is 380 g/mol. The van der Waals surface area contributed by atoms with Crippen LogP contribution in [0.5, 0.6) is 0 Å². The van der Waals surface area contributed by atoms with E-state index in [1.807, 2.05) is 0 Å². The predicted octanol–water partition coefficient (Wildman–Crippen LogP) is 4.05. The molecule has 1 atom stereocenters. The minimum Gasteiger partial charge on any atom is -0.348 e. The quantitative estimate of drug-likeness (QED) is 0.852. The third kappa shape index (κ3) is 4.99. The maximum Gasteiger partial charge on any atom is 0.417 e. The van der Waals surface area contributed by atoms with E-state index in [-0.39, 0.29) is 0 Å². The zero-order chi connectivity index (χ0) is 18.8. The number of benzene rings is 1. The largest absolute Gasteiger partial charge is 0.417 e. The molecule has 0 aliphatic carbocycles. The lowest BCUT2D eigenvalue weighted by Gasteiger charge is -2.17. The second-order valence-electron chi connectivity index (χ2n) is 5.34. The summed E-state index contributed by atoms with van der Waals surface area (Å²) in [5.74, 6) is -0.625. The number of carbonyl (C=O) groups excluding carboxylic acids is 1. The van der Waals surface area contributed by atoms with Gasteiger partial charge in [-0.2, -0.15) is 13.2 Å². The van der Waals surface area contributed by atoms with Gasteiger partial charge in [-0.25, -0.2) is 0 Å². The molecule has 0 spiro atoms. The number of nitrogens with one attached hydrogen (secondary N) is 1. The summed E-state index contributed by atoms with van der Waals surface area (Å²) in [7, 11) is 0. The van der Waals surface area contributed by atoms with Gasteiger partial charge in [-0.05, 0) is 30.7 Å². The molecule has 2 rings (SSSR count). The zero-order valence-electron chi connectivity index (χ0n) is 12.9. The first kappa shape index (κ1) is 19.3. The summed E-state index contributed by atoms with van der Waals surface area (Å²) in [5.41, 5.74) is -1.12. The molecule has 1 unspecified atom stereocenters. The molecule has 2 aromatic rings. The monoisotopic (exact) mass is 392 g/mol. The number of rotatable bonds is 4. The molecular formula is C16H13Cl2F3N2O2. The van der Waals surface area contributed by atoms with Crippen LogP contribution in [0, 0.1) is 0 Å². The molecule has 1 N–H and O–H groups in total. The molecule has 0 bridgehead atoms. The molecule has 1 heterocycles. The second-order valence-corrected chi connectivity index (χ2v) is 6.18. The highest BCUT2D eigenvalue weighted by atomic mass is 35.5. The molecule has 0 fully saturated rings. The number of pyridine rings is 1. The Morgan fingerprint density at radius 1 is 1.24 bits per heavy atom. The number of halogens is 5. The molecule has 25 heavy (non-hydrogen) atoms. The third-order valence-electron chi connectivity index (χ3n) is 3.43. The Labute approximate surface area is 151 Å². The summed E-state index contributed by atoms with van der Waals surface area (Å²) in [6.45, 7) is 1.11. The van der Waals surface area contributed by atoms with E-state index in [0.717, 1.165) is 6.07 Å². The average Bonchev–Trinajstić information content (AvgIpc) is 2.48. The van der Waals surface area contributed by atoms with Gasteiger partial charge in [-0.1, -0.05) is 29.3 Å². The first-order valence-electron chi connectivity index (χ1n) is 7.10. The molecule has 9 heteroatoms. The standard InChI is InChI=1S/C16H13Cl2F3N2O2/c1-9(12-4-3-11(17)6-13(12)18)22-14(24)8-23-7-10(16(19,20)21)2-5-15(23)25/h2-7,9H,8H2,1H3,(H,22,24). The van der Waals surface area contributed by atoms with E-state index in [9.17, 15) is 22.8 Å². The Bertz CT molecular complexity index is 850. The smallest absolute Gasteiger partial charge is 0.348 e. The zero-order valence-corrected chi connectivity index (χ0v) is 14.4. The lowest BCUT2D eigenvalue weighted by molar-refractivity contribution is -0.138. The molecule has 0 radical (unpaired) electrons. The lowest BCUT2D eigenvalue weighted by atomic mass is 10.1. The van der Waals surface area contributed by atoms with Crippen LogP contribution in [-0.2, 0) is 17.5 Å². The predicted molar refractivity (Wildman–Crippen MR) is 88.7 cm³/mol. The molecule has 0 aliphatic heterocycles. The van der Waals surface area contributed by atoms with Crippen LogP contribution in [0.15, 0.2) is 41.3 Å². The van der Waals surface area contributed by atoms with Gasteiger partial charge in [0.05, 0.1) is 11.6 Å². The highest BCUT2D eigenvalue weighted by Gasteiger charge is 2.31. The Hall–Kier alpha value is -1.99. The van der Waals surface area contributed by atoms with Crippen molar-refractivity contribution in [2.75, 3.05) is 0 Å². The Kier molecular flexibility index (Phi) is 5.80. The minimum atomic E-state index is -4.60. The van der Waals surface area contributed by atoms with Gasteiger partial charge in [-0.3, -0.25) is 9.59 Å². The summed E-state index contributed by atoms with van der Waals surface area (Å²) in [5, 5.41) is 3.36. The molecule has 1 aromatic carbocycles. The van der Waals surface area contributed by atoms with E-state index in [1.54, 1.807) is 19.1 Å². The van der Waals surface area contributed by atoms with E-state index in [2.05, 4.69) is 5.32 Å². The third-order valence-corrected chi connectivity index (χ3v) is 3.99. The van der Waals surface area contributed by atoms with Crippen molar-refractivity contribution in [3.05, 3.63) is 68.1 Å². The Morgan fingerprint density at radius 3 is 2.52 bits per heavy atom. The van der Waals surface area contributed by atoms with Crippen LogP contribution >= 0.6 is 23.2 Å². The summed E-state index contributed by atoms with van der Waals surface area (Å²) in [6.07, 6.45) is -3.99. The molecule has 0 saturated carbocycles. The number of aromatic nitrogens is 1. The van der Waals surface area contributed by atoms with Crippen molar-refractivity contribution in [2.45, 2.75) is 25.7 Å². The van der Waals surface area contributed by atoms with Crippen molar-refractivity contribution in [1.29, 1.82) is 0 Å². The van der Waals surface area contributed by atoms with Crippen molar-refractivity contribution in [3.63, 3.8) is 0 Å². The molecule has 4 nitrogen and oxygen atoms in total.